The van der Waals surface area contributed by atoms with Gasteiger partial charge in [0.25, 0.3) is 5.91 Å². The first-order valence-electron chi connectivity index (χ1n) is 9.19. The summed E-state index contributed by atoms with van der Waals surface area (Å²) in [6.07, 6.45) is 3.42. The summed E-state index contributed by atoms with van der Waals surface area (Å²) in [4.78, 5) is 23.1. The van der Waals surface area contributed by atoms with Gasteiger partial charge in [-0.05, 0) is 49.9 Å². The maximum absolute atomic E-state index is 13.1. The molecule has 4 nitrogen and oxygen atoms in total. The number of aromatic amines is 1. The minimum Gasteiger partial charge on any atom is -0.336 e. The molecule has 2 heterocycles. The Morgan fingerprint density at radius 2 is 2.00 bits per heavy atom. The van der Waals surface area contributed by atoms with Crippen LogP contribution in [0.2, 0.25) is 0 Å². The Morgan fingerprint density at radius 3 is 2.85 bits per heavy atom. The van der Waals surface area contributed by atoms with Gasteiger partial charge in [-0.1, -0.05) is 42.1 Å². The number of likely N-dealkylation sites (tertiary alicyclic amines) is 1. The van der Waals surface area contributed by atoms with E-state index in [1.807, 2.05) is 47.4 Å². The number of piperidine rings is 1. The molecule has 1 aliphatic heterocycles. The lowest BCUT2D eigenvalue weighted by atomic mass is 10.0. The first-order chi connectivity index (χ1) is 12.7. The fourth-order valence-corrected chi connectivity index (χ4v) is 4.44. The summed E-state index contributed by atoms with van der Waals surface area (Å²) in [6, 6.07) is 16.3. The minimum absolute atomic E-state index is 0.165. The Labute approximate surface area is 158 Å². The maximum Gasteiger partial charge on any atom is 0.254 e. The van der Waals surface area contributed by atoms with E-state index in [9.17, 15) is 4.79 Å². The van der Waals surface area contributed by atoms with Crippen LogP contribution >= 0.6 is 11.8 Å². The van der Waals surface area contributed by atoms with Crippen molar-refractivity contribution in [2.45, 2.75) is 43.1 Å². The van der Waals surface area contributed by atoms with E-state index in [1.54, 1.807) is 11.8 Å². The molecular weight excluding hydrogens is 342 g/mol. The molecule has 1 aromatic heterocycles. The second-order valence-electron chi connectivity index (χ2n) is 6.85. The standard InChI is InChI=1S/C21H23N3OS/c1-15-8-6-7-13-24(15)20(25)17-10-3-2-9-16(17)14-26-21-22-18-11-4-5-12-19(18)23-21/h2-5,9-12,15H,6-8,13-14H2,1H3,(H,22,23). The van der Waals surface area contributed by atoms with Gasteiger partial charge in [0, 0.05) is 23.9 Å². The zero-order chi connectivity index (χ0) is 17.9. The van der Waals surface area contributed by atoms with Crippen molar-refractivity contribution in [3.05, 3.63) is 59.7 Å². The van der Waals surface area contributed by atoms with Gasteiger partial charge in [-0.3, -0.25) is 4.79 Å². The Balaban J connectivity index is 1.52. The van der Waals surface area contributed by atoms with E-state index < -0.39 is 0 Å². The summed E-state index contributed by atoms with van der Waals surface area (Å²) >= 11 is 1.64. The van der Waals surface area contributed by atoms with Gasteiger partial charge in [-0.25, -0.2) is 4.98 Å². The summed E-state index contributed by atoms with van der Waals surface area (Å²) in [5.41, 5.74) is 3.91. The molecule has 3 aromatic rings. The van der Waals surface area contributed by atoms with Crippen molar-refractivity contribution in [3.8, 4) is 0 Å². The summed E-state index contributed by atoms with van der Waals surface area (Å²) in [7, 11) is 0. The average molecular weight is 366 g/mol. The number of H-pyrrole nitrogens is 1. The van der Waals surface area contributed by atoms with E-state index in [1.165, 1.54) is 6.42 Å². The number of rotatable bonds is 4. The molecule has 134 valence electrons. The fourth-order valence-electron chi connectivity index (χ4n) is 3.55. The van der Waals surface area contributed by atoms with Crippen molar-refractivity contribution in [1.29, 1.82) is 0 Å². The maximum atomic E-state index is 13.1. The van der Waals surface area contributed by atoms with E-state index in [-0.39, 0.29) is 5.91 Å². The van der Waals surface area contributed by atoms with E-state index >= 15 is 0 Å². The van der Waals surface area contributed by atoms with Gasteiger partial charge < -0.3 is 9.88 Å². The number of aromatic nitrogens is 2. The Hall–Kier alpha value is -2.27. The number of nitrogens with one attached hydrogen (secondary N) is 1. The van der Waals surface area contributed by atoms with Crippen LogP contribution in [0.5, 0.6) is 0 Å². The molecule has 26 heavy (non-hydrogen) atoms. The molecule has 1 saturated heterocycles. The number of carbonyl (C=O) groups excluding carboxylic acids is 1. The van der Waals surface area contributed by atoms with Gasteiger partial charge in [0.05, 0.1) is 11.0 Å². The summed E-state index contributed by atoms with van der Waals surface area (Å²) in [5.74, 6) is 0.891. The zero-order valence-electron chi connectivity index (χ0n) is 14.9. The lowest BCUT2D eigenvalue weighted by molar-refractivity contribution is 0.0635. The first-order valence-corrected chi connectivity index (χ1v) is 10.2. The van der Waals surface area contributed by atoms with Crippen LogP contribution in [0.4, 0.5) is 0 Å². The third-order valence-corrected chi connectivity index (χ3v) is 5.97. The zero-order valence-corrected chi connectivity index (χ0v) is 15.8. The summed E-state index contributed by atoms with van der Waals surface area (Å²) in [6.45, 7) is 3.02. The van der Waals surface area contributed by atoms with E-state index in [0.29, 0.717) is 6.04 Å². The largest absolute Gasteiger partial charge is 0.336 e. The van der Waals surface area contributed by atoms with Gasteiger partial charge in [-0.2, -0.15) is 0 Å². The summed E-state index contributed by atoms with van der Waals surface area (Å²) in [5, 5.41) is 0.889. The molecule has 0 radical (unpaired) electrons. The third kappa shape index (κ3) is 3.49. The van der Waals surface area contributed by atoms with Gasteiger partial charge in [-0.15, -0.1) is 0 Å². The van der Waals surface area contributed by atoms with Crippen LogP contribution in [0.3, 0.4) is 0 Å². The second kappa shape index (κ2) is 7.54. The monoisotopic (exact) mass is 365 g/mol. The van der Waals surface area contributed by atoms with Crippen LogP contribution in [0.25, 0.3) is 11.0 Å². The van der Waals surface area contributed by atoms with E-state index in [0.717, 1.165) is 52.5 Å². The number of hydrogen-bond acceptors (Lipinski definition) is 3. The number of nitrogens with zero attached hydrogens (tertiary/aromatic N) is 2. The van der Waals surface area contributed by atoms with Crippen LogP contribution in [0.1, 0.15) is 42.1 Å². The first kappa shape index (κ1) is 17.2. The number of benzene rings is 2. The molecule has 0 bridgehead atoms. The molecule has 1 unspecified atom stereocenters. The van der Waals surface area contributed by atoms with Gasteiger partial charge in [0.15, 0.2) is 5.16 Å². The van der Waals surface area contributed by atoms with Crippen molar-refractivity contribution in [2.75, 3.05) is 6.54 Å². The Bertz CT molecular complexity index is 887. The number of imidazole rings is 1. The molecule has 5 heteroatoms. The molecule has 1 amide bonds. The number of para-hydroxylation sites is 2. The highest BCUT2D eigenvalue weighted by molar-refractivity contribution is 7.98. The van der Waals surface area contributed by atoms with Crippen LogP contribution in [-0.4, -0.2) is 33.4 Å². The number of carbonyl (C=O) groups is 1. The number of fused-ring (bicyclic) bond motifs is 1. The quantitative estimate of drug-likeness (QED) is 0.671. The van der Waals surface area contributed by atoms with Crippen molar-refractivity contribution >= 4 is 28.7 Å². The van der Waals surface area contributed by atoms with Crippen molar-refractivity contribution in [1.82, 2.24) is 14.9 Å². The smallest absolute Gasteiger partial charge is 0.254 e. The number of amides is 1. The van der Waals surface area contributed by atoms with Crippen LogP contribution < -0.4 is 0 Å². The molecule has 0 aliphatic carbocycles. The minimum atomic E-state index is 0.165. The Kier molecular flexibility index (Phi) is 4.98. The van der Waals surface area contributed by atoms with E-state index in [2.05, 4.69) is 23.0 Å². The molecule has 0 spiro atoms. The molecule has 1 fully saturated rings. The van der Waals surface area contributed by atoms with E-state index in [4.69, 9.17) is 0 Å². The van der Waals surface area contributed by atoms with Crippen molar-refractivity contribution in [3.63, 3.8) is 0 Å². The predicted molar refractivity (Wildman–Crippen MR) is 106 cm³/mol. The average Bonchev–Trinajstić information content (AvgIpc) is 3.09. The number of thioether (sulfide) groups is 1. The van der Waals surface area contributed by atoms with Crippen molar-refractivity contribution < 1.29 is 4.79 Å². The van der Waals surface area contributed by atoms with Crippen molar-refractivity contribution in [2.24, 2.45) is 0 Å². The SMILES string of the molecule is CC1CCCCN1C(=O)c1ccccc1CSc1nc2ccccc2[nH]1. The topological polar surface area (TPSA) is 49.0 Å². The van der Waals surface area contributed by atoms with Gasteiger partial charge in [0.1, 0.15) is 0 Å². The Morgan fingerprint density at radius 1 is 1.19 bits per heavy atom. The predicted octanol–water partition coefficient (Wildman–Crippen LogP) is 4.87. The molecular formula is C21H23N3OS. The van der Waals surface area contributed by atoms with Gasteiger partial charge >= 0.3 is 0 Å². The number of hydrogen-bond donors (Lipinski definition) is 1. The van der Waals surface area contributed by atoms with Crippen LogP contribution in [0.15, 0.2) is 53.7 Å². The highest BCUT2D eigenvalue weighted by Crippen LogP contribution is 2.26. The highest BCUT2D eigenvalue weighted by atomic mass is 32.2. The van der Waals surface area contributed by atoms with Crippen LogP contribution in [-0.2, 0) is 5.75 Å². The lowest BCUT2D eigenvalue weighted by Crippen LogP contribution is -2.42. The summed E-state index contributed by atoms with van der Waals surface area (Å²) < 4.78 is 0. The second-order valence-corrected chi connectivity index (χ2v) is 7.81. The molecule has 2 aromatic carbocycles. The lowest BCUT2D eigenvalue weighted by Gasteiger charge is -2.34. The molecule has 1 N–H and O–H groups in total. The third-order valence-electron chi connectivity index (χ3n) is 5.04. The highest BCUT2D eigenvalue weighted by Gasteiger charge is 2.25. The molecule has 1 atom stereocenters. The normalized spacial score (nSPS) is 17.6. The fraction of sp³-hybridized carbons (Fsp3) is 0.333. The molecule has 1 aliphatic rings. The van der Waals surface area contributed by atoms with Crippen LogP contribution in [0, 0.1) is 0 Å². The van der Waals surface area contributed by atoms with Gasteiger partial charge in [0.2, 0.25) is 0 Å². The molecule has 4 rings (SSSR count). The molecule has 0 saturated carbocycles.